The fourth-order valence-electron chi connectivity index (χ4n) is 0.982. The molecule has 5 N–H and O–H groups in total. The highest BCUT2D eigenvalue weighted by Crippen LogP contribution is 2.41. The third-order valence-electron chi connectivity index (χ3n) is 1.82. The summed E-state index contributed by atoms with van der Waals surface area (Å²) in [5, 5.41) is 17.1. The van der Waals surface area contributed by atoms with Gasteiger partial charge in [-0.15, -0.1) is 0 Å². The van der Waals surface area contributed by atoms with E-state index in [2.05, 4.69) is 5.73 Å². The van der Waals surface area contributed by atoms with Crippen LogP contribution in [0, 0.1) is 11.8 Å². The number of hydrogen-bond donors (Lipinski definition) is 3. The van der Waals surface area contributed by atoms with E-state index in [0.29, 0.717) is 0 Å². The van der Waals surface area contributed by atoms with Gasteiger partial charge in [0.05, 0.1) is 5.92 Å². The van der Waals surface area contributed by atoms with E-state index in [-0.39, 0.29) is 6.42 Å². The van der Waals surface area contributed by atoms with Crippen LogP contribution in [-0.4, -0.2) is 28.2 Å². The standard InChI is InChI=1S/C7H11NO4/c8-5(7(11)12)2-3-1-4(3)6(9)10/h3-5H,1-2,8H2,(H,9,10)(H,11,12)/p+1/t3-,4+,5?/m0/s1/i2D2. The van der Waals surface area contributed by atoms with Crippen molar-refractivity contribution in [1.29, 1.82) is 0 Å². The topological polar surface area (TPSA) is 102 Å². The molecule has 5 heteroatoms. The number of carboxylic acid groups (broad SMARTS) is 2. The van der Waals surface area contributed by atoms with E-state index in [9.17, 15) is 9.59 Å². The molecule has 0 aliphatic heterocycles. The summed E-state index contributed by atoms with van der Waals surface area (Å²) in [6, 6.07) is -1.42. The van der Waals surface area contributed by atoms with E-state index in [1.54, 1.807) is 0 Å². The lowest BCUT2D eigenvalue weighted by atomic mass is 10.1. The smallest absolute Gasteiger partial charge is 0.362 e. The molecule has 1 unspecified atom stereocenters. The van der Waals surface area contributed by atoms with Crippen molar-refractivity contribution >= 4 is 11.9 Å². The molecule has 1 saturated carbocycles. The number of carbonyl (C=O) groups is 2. The number of hydrogen-bond acceptors (Lipinski definition) is 2. The van der Waals surface area contributed by atoms with Gasteiger partial charge in [-0.1, -0.05) is 0 Å². The molecular weight excluding hydrogens is 162 g/mol. The second kappa shape index (κ2) is 3.10. The quantitative estimate of drug-likeness (QED) is 0.500. The Labute approximate surface area is 72.0 Å². The first-order chi connectivity index (χ1) is 6.28. The molecule has 5 nitrogen and oxygen atoms in total. The minimum Gasteiger partial charge on any atom is -0.481 e. The normalized spacial score (nSPS) is 33.1. The van der Waals surface area contributed by atoms with Crippen molar-refractivity contribution in [2.75, 3.05) is 0 Å². The number of rotatable bonds is 4. The molecule has 1 aliphatic carbocycles. The Morgan fingerprint density at radius 2 is 2.25 bits per heavy atom. The molecular formula is C7H12NO4+. The molecule has 0 amide bonds. The first kappa shape index (κ1) is 6.42. The van der Waals surface area contributed by atoms with Gasteiger partial charge in [-0.25, -0.2) is 4.79 Å². The van der Waals surface area contributed by atoms with Crippen molar-refractivity contribution in [2.45, 2.75) is 18.8 Å². The van der Waals surface area contributed by atoms with Gasteiger partial charge < -0.3 is 15.9 Å². The van der Waals surface area contributed by atoms with Crippen molar-refractivity contribution in [3.8, 4) is 0 Å². The van der Waals surface area contributed by atoms with Crippen LogP contribution in [0.3, 0.4) is 0 Å². The maximum atomic E-state index is 10.5. The van der Waals surface area contributed by atoms with Crippen LogP contribution < -0.4 is 5.73 Å². The average molecular weight is 176 g/mol. The lowest BCUT2D eigenvalue weighted by molar-refractivity contribution is -0.409. The molecule has 0 saturated heterocycles. The SMILES string of the molecule is [2H]C([2H])(C([NH3+])C(=O)O)[C@@H]1C[C@H]1C(=O)O. The van der Waals surface area contributed by atoms with E-state index >= 15 is 0 Å². The second-order valence-electron chi connectivity index (χ2n) is 2.84. The van der Waals surface area contributed by atoms with E-state index in [0.717, 1.165) is 0 Å². The predicted molar refractivity (Wildman–Crippen MR) is 38.2 cm³/mol. The van der Waals surface area contributed by atoms with Gasteiger partial charge in [0, 0.05) is 9.11 Å². The van der Waals surface area contributed by atoms with E-state index in [1.165, 1.54) is 0 Å². The van der Waals surface area contributed by atoms with Gasteiger partial charge in [-0.05, 0) is 12.3 Å². The summed E-state index contributed by atoms with van der Waals surface area (Å²) in [6.07, 6.45) is -1.85. The van der Waals surface area contributed by atoms with Crippen LogP contribution in [0.5, 0.6) is 0 Å². The molecule has 3 atom stereocenters. The van der Waals surface area contributed by atoms with Gasteiger partial charge in [0.25, 0.3) is 0 Å². The van der Waals surface area contributed by atoms with Crippen LogP contribution >= 0.6 is 0 Å². The highest BCUT2D eigenvalue weighted by Gasteiger charge is 2.45. The van der Waals surface area contributed by atoms with Crippen LogP contribution in [0.15, 0.2) is 0 Å². The van der Waals surface area contributed by atoms with Gasteiger partial charge in [-0.3, -0.25) is 4.79 Å². The van der Waals surface area contributed by atoms with Crippen LogP contribution in [0.4, 0.5) is 0 Å². The van der Waals surface area contributed by atoms with Gasteiger partial charge in [-0.2, -0.15) is 0 Å². The lowest BCUT2D eigenvalue weighted by Crippen LogP contribution is -2.65. The van der Waals surface area contributed by atoms with Crippen molar-refractivity contribution in [3.05, 3.63) is 0 Å². The molecule has 0 radical (unpaired) electrons. The summed E-state index contributed by atoms with van der Waals surface area (Å²) in [5.41, 5.74) is 3.20. The summed E-state index contributed by atoms with van der Waals surface area (Å²) in [6.45, 7) is 0. The van der Waals surface area contributed by atoms with Crippen molar-refractivity contribution in [3.63, 3.8) is 0 Å². The lowest BCUT2D eigenvalue weighted by Gasteiger charge is -2.00. The van der Waals surface area contributed by atoms with Gasteiger partial charge in [0.2, 0.25) is 0 Å². The molecule has 12 heavy (non-hydrogen) atoms. The largest absolute Gasteiger partial charge is 0.481 e. The third-order valence-corrected chi connectivity index (χ3v) is 1.82. The molecule has 0 aromatic carbocycles. The maximum absolute atomic E-state index is 10.5. The molecule has 68 valence electrons. The van der Waals surface area contributed by atoms with Gasteiger partial charge >= 0.3 is 11.9 Å². The van der Waals surface area contributed by atoms with Crippen LogP contribution in [0.25, 0.3) is 0 Å². The van der Waals surface area contributed by atoms with Crippen molar-refractivity contribution in [2.24, 2.45) is 11.8 Å². The Hall–Kier alpha value is -1.10. The second-order valence-corrected chi connectivity index (χ2v) is 2.84. The van der Waals surface area contributed by atoms with Gasteiger partial charge in [0.15, 0.2) is 6.04 Å². The Kier molecular flexibility index (Phi) is 1.66. The van der Waals surface area contributed by atoms with Crippen molar-refractivity contribution < 1.29 is 28.3 Å². The minimum absolute atomic E-state index is 0.196. The molecule has 0 spiro atoms. The Morgan fingerprint density at radius 1 is 1.67 bits per heavy atom. The molecule has 0 aromatic rings. The Bertz CT molecular complexity index is 281. The zero-order valence-corrected chi connectivity index (χ0v) is 6.36. The fourth-order valence-corrected chi connectivity index (χ4v) is 0.982. The average Bonchev–Trinajstić information content (AvgIpc) is 2.81. The summed E-state index contributed by atoms with van der Waals surface area (Å²) in [4.78, 5) is 21.0. The van der Waals surface area contributed by atoms with Crippen molar-refractivity contribution in [1.82, 2.24) is 0 Å². The van der Waals surface area contributed by atoms with Crippen LogP contribution in [0.1, 0.15) is 15.5 Å². The monoisotopic (exact) mass is 176 g/mol. The zero-order valence-electron chi connectivity index (χ0n) is 8.36. The highest BCUT2D eigenvalue weighted by molar-refractivity contribution is 5.74. The fraction of sp³-hybridized carbons (Fsp3) is 0.714. The summed E-state index contributed by atoms with van der Waals surface area (Å²) in [5.74, 6) is -3.89. The minimum atomic E-state index is -2.05. The third kappa shape index (κ3) is 1.94. The molecule has 1 aliphatic rings. The van der Waals surface area contributed by atoms with E-state index in [4.69, 9.17) is 13.0 Å². The first-order valence-electron chi connectivity index (χ1n) is 4.57. The molecule has 0 aromatic heterocycles. The molecule has 0 bridgehead atoms. The molecule has 1 rings (SSSR count). The van der Waals surface area contributed by atoms with E-state index < -0.39 is 36.2 Å². The van der Waals surface area contributed by atoms with E-state index in [1.807, 2.05) is 0 Å². The Morgan fingerprint density at radius 3 is 2.58 bits per heavy atom. The predicted octanol–water partition coefficient (Wildman–Crippen LogP) is -1.21. The summed E-state index contributed by atoms with van der Waals surface area (Å²) in [7, 11) is 0. The highest BCUT2D eigenvalue weighted by atomic mass is 16.4. The molecule has 0 heterocycles. The molecule has 1 fully saturated rings. The Balaban J connectivity index is 2.68. The number of quaternary nitrogens is 1. The number of carboxylic acids is 2. The first-order valence-corrected chi connectivity index (χ1v) is 3.57. The van der Waals surface area contributed by atoms with Gasteiger partial charge in [0.1, 0.15) is 0 Å². The maximum Gasteiger partial charge on any atom is 0.362 e. The zero-order chi connectivity index (χ0) is 11.1. The number of aliphatic carboxylic acids is 2. The summed E-state index contributed by atoms with van der Waals surface area (Å²) < 4.78 is 14.9. The van der Waals surface area contributed by atoms with Crippen LogP contribution in [-0.2, 0) is 9.59 Å². The van der Waals surface area contributed by atoms with Crippen LogP contribution in [0.2, 0.25) is 0 Å². The summed E-state index contributed by atoms with van der Waals surface area (Å²) >= 11 is 0.